The maximum Gasteiger partial charge on any atom is 0.128 e. The van der Waals surface area contributed by atoms with Crippen molar-refractivity contribution in [1.82, 2.24) is 0 Å². The first-order valence-corrected chi connectivity index (χ1v) is 8.97. The topological polar surface area (TPSA) is 17.1 Å². The lowest BCUT2D eigenvalue weighted by atomic mass is 9.71. The highest BCUT2D eigenvalue weighted by Crippen LogP contribution is 2.66. The van der Waals surface area contributed by atoms with Crippen LogP contribution in [-0.4, -0.2) is 9.07 Å². The molecule has 0 aromatic heterocycles. The van der Waals surface area contributed by atoms with Gasteiger partial charge in [0, 0.05) is 29.9 Å². The summed E-state index contributed by atoms with van der Waals surface area (Å²) in [7, 11) is -2.52. The zero-order valence-electron chi connectivity index (χ0n) is 11.8. The number of halogens is 3. The largest absolute Gasteiger partial charge is 0.261 e. The van der Waals surface area contributed by atoms with E-state index in [1.54, 1.807) is 24.3 Å². The minimum Gasteiger partial charge on any atom is -0.261 e. The summed E-state index contributed by atoms with van der Waals surface area (Å²) >= 11 is 5.89. The molecular formula is C17H13ClF2OS. The van der Waals surface area contributed by atoms with Gasteiger partial charge in [-0.25, -0.2) is 8.78 Å². The summed E-state index contributed by atoms with van der Waals surface area (Å²) in [6.45, 7) is 1.94. The van der Waals surface area contributed by atoms with E-state index in [2.05, 4.69) is 0 Å². The van der Waals surface area contributed by atoms with Gasteiger partial charge in [0.05, 0.1) is 0 Å². The van der Waals surface area contributed by atoms with Gasteiger partial charge in [-0.05, 0) is 54.8 Å². The van der Waals surface area contributed by atoms with E-state index in [0.29, 0.717) is 16.3 Å². The lowest BCUT2D eigenvalue weighted by Gasteiger charge is -2.34. The van der Waals surface area contributed by atoms with Crippen LogP contribution >= 0.6 is 11.6 Å². The van der Waals surface area contributed by atoms with Crippen LogP contribution in [0.5, 0.6) is 0 Å². The standard InChI is InChI=1S/C17H13ClF2OS/c1-10-8-16-17(10,14-9-12(19)4-7-15(14)20)22(16,21)13-5-2-11(18)3-6-13/h2-7,9-10H,8H2,1H3. The molecule has 2 aromatic carbocycles. The van der Waals surface area contributed by atoms with Crippen LogP contribution in [0, 0.1) is 17.6 Å². The number of fused-ring (bicyclic) bond motifs is 1. The van der Waals surface area contributed by atoms with Crippen molar-refractivity contribution in [3.63, 3.8) is 0 Å². The molecule has 114 valence electrons. The van der Waals surface area contributed by atoms with Gasteiger partial charge >= 0.3 is 0 Å². The average Bonchev–Trinajstić information content (AvgIpc) is 2.94. The molecule has 0 radical (unpaired) electrons. The molecule has 2 aliphatic rings. The first-order chi connectivity index (χ1) is 10.4. The Morgan fingerprint density at radius 1 is 1.18 bits per heavy atom. The van der Waals surface area contributed by atoms with E-state index in [1.807, 2.05) is 6.92 Å². The second-order valence-corrected chi connectivity index (χ2v) is 9.06. The molecule has 1 aliphatic carbocycles. The van der Waals surface area contributed by atoms with Gasteiger partial charge in [-0.2, -0.15) is 0 Å². The third-order valence-corrected chi connectivity index (χ3v) is 8.77. The molecule has 0 spiro atoms. The van der Waals surface area contributed by atoms with Crippen LogP contribution in [0.4, 0.5) is 8.78 Å². The van der Waals surface area contributed by atoms with E-state index in [4.69, 9.17) is 11.6 Å². The summed E-state index contributed by atoms with van der Waals surface area (Å²) < 4.78 is 40.6. The predicted octanol–water partition coefficient (Wildman–Crippen LogP) is 4.38. The van der Waals surface area contributed by atoms with Crippen molar-refractivity contribution >= 4 is 26.0 Å². The molecule has 1 aliphatic heterocycles. The highest BCUT2D eigenvalue weighted by Gasteiger charge is 2.72. The molecule has 2 aromatic rings. The number of hydrogen-bond acceptors (Lipinski definition) is 1. The average molecular weight is 339 g/mol. The Hall–Kier alpha value is -1.39. The number of hydrogen-bond donors (Lipinski definition) is 0. The van der Waals surface area contributed by atoms with Gasteiger partial charge in [0.25, 0.3) is 0 Å². The highest BCUT2D eigenvalue weighted by molar-refractivity contribution is 8.13. The second-order valence-electron chi connectivity index (χ2n) is 5.90. The number of rotatable bonds is 2. The summed E-state index contributed by atoms with van der Waals surface area (Å²) in [5.74, 6) is -0.972. The van der Waals surface area contributed by atoms with Crippen LogP contribution in [0.2, 0.25) is 5.02 Å². The Labute approximate surface area is 132 Å². The fourth-order valence-electron chi connectivity index (χ4n) is 3.80. The molecule has 1 fully saturated rings. The molecule has 0 saturated heterocycles. The Morgan fingerprint density at radius 3 is 2.50 bits per heavy atom. The van der Waals surface area contributed by atoms with Crippen molar-refractivity contribution < 1.29 is 13.0 Å². The molecule has 1 saturated carbocycles. The Morgan fingerprint density at radius 2 is 1.86 bits per heavy atom. The van der Waals surface area contributed by atoms with Gasteiger partial charge in [0.15, 0.2) is 0 Å². The first kappa shape index (κ1) is 14.2. The molecule has 1 heterocycles. The minimum atomic E-state index is -2.52. The molecule has 0 bridgehead atoms. The molecule has 1 nitrogen and oxygen atoms in total. The molecule has 3 atom stereocenters. The SMILES string of the molecule is CC1CC2=S(=O)(c3ccc(Cl)cc3)C21c1cc(F)ccc1F. The fourth-order valence-corrected chi connectivity index (χ4v) is 8.07. The Bertz CT molecular complexity index is 913. The Kier molecular flexibility index (Phi) is 2.80. The zero-order chi connectivity index (χ0) is 15.7. The fraction of sp³-hybridized carbons (Fsp3) is 0.235. The maximum atomic E-state index is 14.3. The molecule has 5 heteroatoms. The van der Waals surface area contributed by atoms with E-state index in [9.17, 15) is 13.0 Å². The maximum absolute atomic E-state index is 14.3. The monoisotopic (exact) mass is 338 g/mol. The van der Waals surface area contributed by atoms with E-state index < -0.39 is 25.9 Å². The summed E-state index contributed by atoms with van der Waals surface area (Å²) in [4.78, 5) is 1.49. The van der Waals surface area contributed by atoms with Gasteiger partial charge < -0.3 is 0 Å². The van der Waals surface area contributed by atoms with Crippen molar-refractivity contribution in [2.75, 3.05) is 0 Å². The minimum absolute atomic E-state index is 0.0296. The van der Waals surface area contributed by atoms with E-state index in [0.717, 1.165) is 17.0 Å². The number of benzene rings is 2. The lowest BCUT2D eigenvalue weighted by Crippen LogP contribution is -2.39. The molecule has 4 rings (SSSR count). The molecule has 22 heavy (non-hydrogen) atoms. The van der Waals surface area contributed by atoms with Gasteiger partial charge in [-0.1, -0.05) is 18.5 Å². The van der Waals surface area contributed by atoms with Gasteiger partial charge in [0.1, 0.15) is 16.4 Å². The quantitative estimate of drug-likeness (QED) is 0.742. The predicted molar refractivity (Wildman–Crippen MR) is 84.7 cm³/mol. The Balaban J connectivity index is 1.92. The molecule has 0 amide bonds. The third-order valence-electron chi connectivity index (χ3n) is 4.83. The summed E-state index contributed by atoms with van der Waals surface area (Å²) in [5, 5.41) is 0.559. The summed E-state index contributed by atoms with van der Waals surface area (Å²) in [5.41, 5.74) is 0.223. The van der Waals surface area contributed by atoms with Crippen molar-refractivity contribution in [3.05, 3.63) is 64.7 Å². The van der Waals surface area contributed by atoms with Crippen LogP contribution in [0.15, 0.2) is 47.4 Å². The van der Waals surface area contributed by atoms with Crippen LogP contribution in [0.3, 0.4) is 0 Å². The van der Waals surface area contributed by atoms with E-state index in [-0.39, 0.29) is 11.5 Å². The van der Waals surface area contributed by atoms with Crippen LogP contribution in [0.1, 0.15) is 18.9 Å². The van der Waals surface area contributed by atoms with Crippen molar-refractivity contribution in [2.24, 2.45) is 5.92 Å². The van der Waals surface area contributed by atoms with Gasteiger partial charge in [-0.15, -0.1) is 0 Å². The molecular weight excluding hydrogens is 326 g/mol. The lowest BCUT2D eigenvalue weighted by molar-refractivity contribution is 0.444. The third kappa shape index (κ3) is 1.47. The normalized spacial score (nSPS) is 32.4. The molecule has 3 unspecified atom stereocenters. The van der Waals surface area contributed by atoms with Crippen molar-refractivity contribution in [1.29, 1.82) is 0 Å². The van der Waals surface area contributed by atoms with E-state index in [1.165, 1.54) is 6.07 Å². The van der Waals surface area contributed by atoms with Gasteiger partial charge in [0.2, 0.25) is 0 Å². The smallest absolute Gasteiger partial charge is 0.128 e. The van der Waals surface area contributed by atoms with Crippen LogP contribution in [0.25, 0.3) is 0 Å². The zero-order valence-corrected chi connectivity index (χ0v) is 13.3. The van der Waals surface area contributed by atoms with Crippen LogP contribution < -0.4 is 0 Å². The second kappa shape index (κ2) is 4.33. The first-order valence-electron chi connectivity index (χ1n) is 7.03. The van der Waals surface area contributed by atoms with Crippen LogP contribution in [-0.2, 0) is 14.3 Å². The van der Waals surface area contributed by atoms with Crippen molar-refractivity contribution in [2.45, 2.75) is 23.0 Å². The summed E-state index contributed by atoms with van der Waals surface area (Å²) in [6, 6.07) is 10.2. The van der Waals surface area contributed by atoms with E-state index >= 15 is 0 Å². The highest BCUT2D eigenvalue weighted by atomic mass is 35.5. The van der Waals surface area contributed by atoms with Gasteiger partial charge in [-0.3, -0.25) is 4.21 Å². The molecule has 0 N–H and O–H groups in total. The summed E-state index contributed by atoms with van der Waals surface area (Å²) in [6.07, 6.45) is 0.692. The van der Waals surface area contributed by atoms with Crippen molar-refractivity contribution in [3.8, 4) is 0 Å².